The molecule has 2 aromatic carbocycles. The number of hydrogen-bond acceptors (Lipinski definition) is 4. The molecule has 0 bridgehead atoms. The summed E-state index contributed by atoms with van der Waals surface area (Å²) in [4.78, 5) is 4.89. The highest BCUT2D eigenvalue weighted by molar-refractivity contribution is 7.20. The first-order chi connectivity index (χ1) is 21.3. The fourth-order valence-corrected chi connectivity index (χ4v) is 10.3. The average molecular weight is 689 g/mol. The van der Waals surface area contributed by atoms with E-state index in [4.69, 9.17) is 0 Å². The number of allylic oxidation sites excluding steroid dienone is 2. The molecule has 0 amide bonds. The number of hydrogen-bond donors (Lipinski definition) is 0. The number of thiophene rings is 4. The summed E-state index contributed by atoms with van der Waals surface area (Å²) in [6.07, 6.45) is 0.446. The molecule has 4 heterocycles. The molecule has 0 aliphatic heterocycles. The van der Waals surface area contributed by atoms with Crippen LogP contribution in [0, 0.1) is 13.8 Å². The SMILES string of the molecule is CCc1sc2cc(-c3ccc(C)s3)ccc2c1C1=C(c2c(CC)sc3cc(-c4ccc(C)s4)ccc23)C(F)(F)C(F)(F)C1(F)F. The van der Waals surface area contributed by atoms with Gasteiger partial charge in [0.05, 0.1) is 0 Å². The Balaban J connectivity index is 1.54. The molecule has 6 aromatic rings. The predicted molar refractivity (Wildman–Crippen MR) is 180 cm³/mol. The molecule has 4 aromatic heterocycles. The Bertz CT molecular complexity index is 2000. The lowest BCUT2D eigenvalue weighted by Crippen LogP contribution is -2.49. The summed E-state index contributed by atoms with van der Waals surface area (Å²) in [5, 5.41) is 0.560. The molecule has 10 heteroatoms. The van der Waals surface area contributed by atoms with Gasteiger partial charge in [-0.25, -0.2) is 0 Å². The Morgan fingerprint density at radius 3 is 1.27 bits per heavy atom. The fraction of sp³-hybridized carbons (Fsp3) is 0.257. The summed E-state index contributed by atoms with van der Waals surface area (Å²) in [6, 6.07) is 18.3. The van der Waals surface area contributed by atoms with Gasteiger partial charge in [-0.1, -0.05) is 38.1 Å². The second kappa shape index (κ2) is 10.6. The van der Waals surface area contributed by atoms with Gasteiger partial charge in [0.2, 0.25) is 0 Å². The van der Waals surface area contributed by atoms with Crippen LogP contribution in [0.2, 0.25) is 0 Å². The molecule has 0 saturated carbocycles. The monoisotopic (exact) mass is 688 g/mol. The standard InChI is InChI=1S/C35H26F6S4/c1-5-23-29(21-11-9-19(15-27(21)44-23)25-13-7-17(3)42-25)31-32(34(38,39)35(40,41)33(31,36)37)30-22-12-10-20(26-14-8-18(4)43-26)16-28(22)45-24(30)6-2/h7-16H,5-6H2,1-4H3. The van der Waals surface area contributed by atoms with Crippen molar-refractivity contribution >= 4 is 76.7 Å². The molecule has 0 atom stereocenters. The summed E-state index contributed by atoms with van der Waals surface area (Å²) in [6.45, 7) is 7.41. The number of rotatable bonds is 6. The number of halogens is 6. The van der Waals surface area contributed by atoms with E-state index in [1.807, 2.05) is 50.2 Å². The Hall–Kier alpha value is -2.92. The summed E-state index contributed by atoms with van der Waals surface area (Å²) in [7, 11) is 0. The van der Waals surface area contributed by atoms with Crippen molar-refractivity contribution in [1.29, 1.82) is 0 Å². The van der Waals surface area contributed by atoms with Crippen LogP contribution < -0.4 is 0 Å². The predicted octanol–water partition coefficient (Wildman–Crippen LogP) is 13.1. The third-order valence-corrected chi connectivity index (χ3v) is 13.1. The minimum atomic E-state index is -5.62. The zero-order chi connectivity index (χ0) is 32.1. The Morgan fingerprint density at radius 2 is 0.933 bits per heavy atom. The minimum absolute atomic E-state index is 0.199. The van der Waals surface area contributed by atoms with Crippen LogP contribution in [0.4, 0.5) is 26.3 Å². The Kier molecular flexibility index (Phi) is 7.20. The summed E-state index contributed by atoms with van der Waals surface area (Å²) in [5.74, 6) is -15.8. The van der Waals surface area contributed by atoms with Crippen molar-refractivity contribution < 1.29 is 26.3 Å². The van der Waals surface area contributed by atoms with Gasteiger partial charge in [0.1, 0.15) is 0 Å². The van der Waals surface area contributed by atoms with Crippen molar-refractivity contribution in [2.45, 2.75) is 58.3 Å². The lowest BCUT2D eigenvalue weighted by molar-refractivity contribution is -0.254. The maximum atomic E-state index is 16.1. The van der Waals surface area contributed by atoms with E-state index < -0.39 is 28.9 Å². The topological polar surface area (TPSA) is 0 Å². The normalized spacial score (nSPS) is 17.3. The van der Waals surface area contributed by atoms with E-state index in [0.717, 1.165) is 30.6 Å². The number of benzene rings is 2. The van der Waals surface area contributed by atoms with E-state index in [1.54, 1.807) is 60.8 Å². The van der Waals surface area contributed by atoms with Gasteiger partial charge in [-0.05, 0) is 74.2 Å². The van der Waals surface area contributed by atoms with Crippen LogP contribution in [0.5, 0.6) is 0 Å². The van der Waals surface area contributed by atoms with Gasteiger partial charge in [0.25, 0.3) is 0 Å². The molecule has 7 rings (SSSR count). The molecular weight excluding hydrogens is 663 g/mol. The van der Waals surface area contributed by atoms with Crippen LogP contribution in [0.1, 0.15) is 44.5 Å². The highest BCUT2D eigenvalue weighted by Crippen LogP contribution is 2.67. The van der Waals surface area contributed by atoms with Gasteiger partial charge in [0.15, 0.2) is 0 Å². The molecule has 0 N–H and O–H groups in total. The van der Waals surface area contributed by atoms with E-state index in [2.05, 4.69) is 0 Å². The van der Waals surface area contributed by atoms with Crippen molar-refractivity contribution in [3.05, 3.63) is 91.3 Å². The minimum Gasteiger partial charge on any atom is -0.194 e. The summed E-state index contributed by atoms with van der Waals surface area (Å²) >= 11 is 5.53. The first-order valence-electron chi connectivity index (χ1n) is 14.4. The van der Waals surface area contributed by atoms with Crippen LogP contribution in [0.25, 0.3) is 52.2 Å². The molecule has 0 fully saturated rings. The molecule has 232 valence electrons. The zero-order valence-corrected chi connectivity index (χ0v) is 27.9. The quantitative estimate of drug-likeness (QED) is 0.153. The Morgan fingerprint density at radius 1 is 0.533 bits per heavy atom. The van der Waals surface area contributed by atoms with Crippen molar-refractivity contribution in [3.8, 4) is 20.9 Å². The van der Waals surface area contributed by atoms with Gasteiger partial charge in [-0.3, -0.25) is 0 Å². The van der Waals surface area contributed by atoms with Gasteiger partial charge >= 0.3 is 17.8 Å². The highest BCUT2D eigenvalue weighted by Gasteiger charge is 2.80. The lowest BCUT2D eigenvalue weighted by atomic mass is 9.90. The number of aryl methyl sites for hydroxylation is 4. The van der Waals surface area contributed by atoms with Crippen molar-refractivity contribution in [1.82, 2.24) is 0 Å². The average Bonchev–Trinajstić information content (AvgIpc) is 3.80. The van der Waals surface area contributed by atoms with Crippen LogP contribution in [-0.4, -0.2) is 17.8 Å². The van der Waals surface area contributed by atoms with Crippen LogP contribution in [0.15, 0.2) is 60.7 Å². The van der Waals surface area contributed by atoms with Crippen molar-refractivity contribution in [2.75, 3.05) is 0 Å². The maximum Gasteiger partial charge on any atom is 0.380 e. The van der Waals surface area contributed by atoms with Gasteiger partial charge in [-0.15, -0.1) is 45.3 Å². The van der Waals surface area contributed by atoms with Crippen LogP contribution >= 0.6 is 45.3 Å². The first kappa shape index (κ1) is 30.7. The van der Waals surface area contributed by atoms with E-state index >= 15 is 26.3 Å². The zero-order valence-electron chi connectivity index (χ0n) is 24.6. The third kappa shape index (κ3) is 4.42. The molecule has 1 aliphatic rings. The Labute approximate surface area is 272 Å². The van der Waals surface area contributed by atoms with E-state index in [1.165, 1.54) is 22.7 Å². The molecule has 0 saturated heterocycles. The molecule has 1 aliphatic carbocycles. The first-order valence-corrected chi connectivity index (χ1v) is 17.7. The van der Waals surface area contributed by atoms with Crippen LogP contribution in [0.3, 0.4) is 0 Å². The van der Waals surface area contributed by atoms with Gasteiger partial charge < -0.3 is 0 Å². The molecule has 0 radical (unpaired) electrons. The number of alkyl halides is 6. The second-order valence-corrected chi connectivity index (χ2v) is 16.1. The van der Waals surface area contributed by atoms with E-state index in [9.17, 15) is 0 Å². The van der Waals surface area contributed by atoms with Crippen molar-refractivity contribution in [3.63, 3.8) is 0 Å². The summed E-state index contributed by atoms with van der Waals surface area (Å²) < 4.78 is 96.7. The highest BCUT2D eigenvalue weighted by atomic mass is 32.1. The van der Waals surface area contributed by atoms with Gasteiger partial charge in [-0.2, -0.15) is 26.3 Å². The van der Waals surface area contributed by atoms with E-state index in [0.29, 0.717) is 19.2 Å². The molecule has 45 heavy (non-hydrogen) atoms. The van der Waals surface area contributed by atoms with Crippen LogP contribution in [-0.2, 0) is 12.8 Å². The molecule has 0 spiro atoms. The molecule has 0 unspecified atom stereocenters. The maximum absolute atomic E-state index is 16.1. The fourth-order valence-electron chi connectivity index (χ4n) is 6.22. The smallest absolute Gasteiger partial charge is 0.194 e. The lowest BCUT2D eigenvalue weighted by Gasteiger charge is -2.26. The summed E-state index contributed by atoms with van der Waals surface area (Å²) in [5.41, 5.74) is -1.20. The number of fused-ring (bicyclic) bond motifs is 2. The third-order valence-electron chi connectivity index (χ3n) is 8.38. The van der Waals surface area contributed by atoms with Crippen molar-refractivity contribution in [2.24, 2.45) is 0 Å². The van der Waals surface area contributed by atoms with Gasteiger partial charge in [0, 0.05) is 71.7 Å². The van der Waals surface area contributed by atoms with E-state index in [-0.39, 0.29) is 34.7 Å². The molecular formula is C35H26F6S4. The molecule has 0 nitrogen and oxygen atoms in total. The second-order valence-electron chi connectivity index (χ2n) is 11.2. The largest absolute Gasteiger partial charge is 0.380 e.